The number of ether oxygens (including phenoxy) is 1. The van der Waals surface area contributed by atoms with Gasteiger partial charge in [-0.2, -0.15) is 0 Å². The third-order valence-corrected chi connectivity index (χ3v) is 4.60. The summed E-state index contributed by atoms with van der Waals surface area (Å²) in [6, 6.07) is 8.98. The van der Waals surface area contributed by atoms with Crippen molar-refractivity contribution in [1.29, 1.82) is 0 Å². The van der Waals surface area contributed by atoms with Crippen LogP contribution in [0, 0.1) is 0 Å². The number of thiocarbonyl (C=S) groups is 1. The van der Waals surface area contributed by atoms with Crippen LogP contribution in [0.15, 0.2) is 30.3 Å². The van der Waals surface area contributed by atoms with Crippen LogP contribution in [0.5, 0.6) is 0 Å². The average Bonchev–Trinajstić information content (AvgIpc) is 2.96. The van der Waals surface area contributed by atoms with Gasteiger partial charge >= 0.3 is 5.97 Å². The zero-order chi connectivity index (χ0) is 18.4. The van der Waals surface area contributed by atoms with Crippen LogP contribution in [0.4, 0.5) is 16.4 Å². The maximum Gasteiger partial charge on any atom is 0.340 e. The largest absolute Gasteiger partial charge is 0.465 e. The Balaban J connectivity index is 2.11. The molecule has 0 spiro atoms. The van der Waals surface area contributed by atoms with Crippen LogP contribution in [0.1, 0.15) is 29.1 Å². The van der Waals surface area contributed by atoms with Gasteiger partial charge in [0.1, 0.15) is 5.00 Å². The Labute approximate surface area is 155 Å². The number of benzene rings is 1. The van der Waals surface area contributed by atoms with Crippen LogP contribution in [0.3, 0.4) is 0 Å². The Morgan fingerprint density at radius 3 is 2.44 bits per heavy atom. The van der Waals surface area contributed by atoms with E-state index in [1.54, 1.807) is 24.3 Å². The molecule has 1 aromatic carbocycles. The Bertz CT molecular complexity index is 802. The molecular formula is C17H19N3O3S2. The van der Waals surface area contributed by atoms with Crippen LogP contribution in [0.2, 0.25) is 0 Å². The monoisotopic (exact) mass is 377 g/mol. The number of anilines is 3. The van der Waals surface area contributed by atoms with Gasteiger partial charge in [-0.1, -0.05) is 13.0 Å². The van der Waals surface area contributed by atoms with Crippen molar-refractivity contribution in [3.05, 3.63) is 40.8 Å². The number of carbonyl (C=O) groups excluding carboxylic acids is 2. The van der Waals surface area contributed by atoms with E-state index in [0.717, 1.165) is 17.0 Å². The van der Waals surface area contributed by atoms with Gasteiger partial charge in [0.2, 0.25) is 5.91 Å². The molecule has 1 heterocycles. The molecule has 2 rings (SSSR count). The van der Waals surface area contributed by atoms with Gasteiger partial charge < -0.3 is 20.7 Å². The maximum absolute atomic E-state index is 11.9. The number of methoxy groups -OCH3 is 1. The molecule has 0 saturated carbocycles. The number of hydrogen-bond acceptors (Lipinski definition) is 5. The van der Waals surface area contributed by atoms with Crippen LogP contribution in [0.25, 0.3) is 0 Å². The molecule has 8 heteroatoms. The summed E-state index contributed by atoms with van der Waals surface area (Å²) < 4.78 is 4.81. The summed E-state index contributed by atoms with van der Waals surface area (Å²) in [5.41, 5.74) is 1.84. The fourth-order valence-corrected chi connectivity index (χ4v) is 3.39. The number of rotatable bonds is 5. The lowest BCUT2D eigenvalue weighted by Gasteiger charge is -2.11. The van der Waals surface area contributed by atoms with Gasteiger partial charge in [-0.05, 0) is 42.9 Å². The molecule has 132 valence electrons. The summed E-state index contributed by atoms with van der Waals surface area (Å²) in [6.45, 7) is 3.46. The van der Waals surface area contributed by atoms with E-state index < -0.39 is 5.97 Å². The Hall–Kier alpha value is -2.45. The van der Waals surface area contributed by atoms with Crippen LogP contribution < -0.4 is 16.0 Å². The van der Waals surface area contributed by atoms with Crippen molar-refractivity contribution in [2.45, 2.75) is 20.3 Å². The van der Waals surface area contributed by atoms with Gasteiger partial charge in [-0.3, -0.25) is 4.79 Å². The predicted molar refractivity (Wildman–Crippen MR) is 106 cm³/mol. The Morgan fingerprint density at radius 1 is 1.16 bits per heavy atom. The topological polar surface area (TPSA) is 79.5 Å². The molecule has 0 aliphatic heterocycles. The van der Waals surface area contributed by atoms with Crippen LogP contribution >= 0.6 is 23.6 Å². The average molecular weight is 377 g/mol. The van der Waals surface area contributed by atoms with Gasteiger partial charge in [0.25, 0.3) is 0 Å². The first-order chi connectivity index (χ1) is 11.9. The van der Waals surface area contributed by atoms with E-state index >= 15 is 0 Å². The highest BCUT2D eigenvalue weighted by Crippen LogP contribution is 2.29. The molecule has 6 nitrogen and oxygen atoms in total. The molecule has 0 unspecified atom stereocenters. The van der Waals surface area contributed by atoms with Crippen molar-refractivity contribution in [3.8, 4) is 0 Å². The summed E-state index contributed by atoms with van der Waals surface area (Å²) in [7, 11) is 1.35. The number of aryl methyl sites for hydroxylation is 1. The molecule has 0 fully saturated rings. The van der Waals surface area contributed by atoms with Gasteiger partial charge in [-0.15, -0.1) is 11.3 Å². The maximum atomic E-state index is 11.9. The highest BCUT2D eigenvalue weighted by atomic mass is 32.1. The molecule has 1 aromatic heterocycles. The first kappa shape index (κ1) is 18.9. The lowest BCUT2D eigenvalue weighted by Crippen LogP contribution is -2.20. The fraction of sp³-hybridized carbons (Fsp3) is 0.235. The highest BCUT2D eigenvalue weighted by molar-refractivity contribution is 7.80. The molecule has 0 aliphatic carbocycles. The van der Waals surface area contributed by atoms with Crippen LogP contribution in [-0.4, -0.2) is 24.1 Å². The number of nitrogens with one attached hydrogen (secondary N) is 3. The first-order valence-corrected chi connectivity index (χ1v) is 8.82. The van der Waals surface area contributed by atoms with Crippen LogP contribution in [-0.2, 0) is 16.0 Å². The highest BCUT2D eigenvalue weighted by Gasteiger charge is 2.17. The molecule has 0 atom stereocenters. The van der Waals surface area contributed by atoms with Gasteiger partial charge in [-0.25, -0.2) is 4.79 Å². The number of carbonyl (C=O) groups is 2. The lowest BCUT2D eigenvalue weighted by atomic mass is 10.2. The van der Waals surface area contributed by atoms with E-state index in [1.807, 2.05) is 13.0 Å². The number of thiophene rings is 1. The van der Waals surface area contributed by atoms with Gasteiger partial charge in [0, 0.05) is 23.2 Å². The molecule has 0 radical (unpaired) electrons. The van der Waals surface area contributed by atoms with Crippen molar-refractivity contribution in [2.75, 3.05) is 23.1 Å². The lowest BCUT2D eigenvalue weighted by molar-refractivity contribution is -0.114. The van der Waals surface area contributed by atoms with Crippen molar-refractivity contribution in [3.63, 3.8) is 0 Å². The standard InChI is InChI=1S/C17H19N3O3S2/c1-4-13-9-14(16(22)23-3)15(25-13)20-17(24)19-12-7-5-6-11(8-12)18-10(2)21/h5-9H,4H2,1-3H3,(H,18,21)(H2,19,20,24). The number of amides is 1. The Kier molecular flexibility index (Phi) is 6.49. The summed E-state index contributed by atoms with van der Waals surface area (Å²) in [5, 5.41) is 9.77. The van der Waals surface area contributed by atoms with Crippen molar-refractivity contribution in [1.82, 2.24) is 0 Å². The Morgan fingerprint density at radius 2 is 1.84 bits per heavy atom. The molecule has 0 saturated heterocycles. The minimum absolute atomic E-state index is 0.147. The fourth-order valence-electron chi connectivity index (χ4n) is 2.11. The van der Waals surface area contributed by atoms with E-state index in [9.17, 15) is 9.59 Å². The van der Waals surface area contributed by atoms with Gasteiger partial charge in [0.15, 0.2) is 5.11 Å². The van der Waals surface area contributed by atoms with E-state index in [2.05, 4.69) is 16.0 Å². The molecule has 25 heavy (non-hydrogen) atoms. The number of esters is 1. The summed E-state index contributed by atoms with van der Waals surface area (Å²) >= 11 is 6.78. The summed E-state index contributed by atoms with van der Waals surface area (Å²) in [5.74, 6) is -0.555. The predicted octanol–water partition coefficient (Wildman–Crippen LogP) is 3.86. The molecule has 0 aliphatic rings. The minimum Gasteiger partial charge on any atom is -0.465 e. The minimum atomic E-state index is -0.408. The van der Waals surface area contributed by atoms with Crippen molar-refractivity contribution >= 4 is 56.9 Å². The molecule has 2 aromatic rings. The van der Waals surface area contributed by atoms with E-state index in [0.29, 0.717) is 21.4 Å². The smallest absolute Gasteiger partial charge is 0.340 e. The zero-order valence-electron chi connectivity index (χ0n) is 14.1. The number of hydrogen-bond donors (Lipinski definition) is 3. The van der Waals surface area contributed by atoms with Crippen molar-refractivity contribution < 1.29 is 14.3 Å². The second kappa shape index (κ2) is 8.59. The zero-order valence-corrected chi connectivity index (χ0v) is 15.8. The van der Waals surface area contributed by atoms with Gasteiger partial charge in [0.05, 0.1) is 12.7 Å². The first-order valence-electron chi connectivity index (χ1n) is 7.59. The molecular weight excluding hydrogens is 358 g/mol. The second-order valence-electron chi connectivity index (χ2n) is 5.14. The summed E-state index contributed by atoms with van der Waals surface area (Å²) in [6.07, 6.45) is 0.815. The molecule has 3 N–H and O–H groups in total. The third-order valence-electron chi connectivity index (χ3n) is 3.20. The van der Waals surface area contributed by atoms with E-state index in [1.165, 1.54) is 25.4 Å². The van der Waals surface area contributed by atoms with Crippen molar-refractivity contribution in [2.24, 2.45) is 0 Å². The molecule has 1 amide bonds. The molecule has 0 bridgehead atoms. The normalized spacial score (nSPS) is 10.0. The van der Waals surface area contributed by atoms with E-state index in [4.69, 9.17) is 17.0 Å². The second-order valence-corrected chi connectivity index (χ2v) is 6.69. The quantitative estimate of drug-likeness (QED) is 0.542. The van der Waals surface area contributed by atoms with E-state index in [-0.39, 0.29) is 5.91 Å². The third kappa shape index (κ3) is 5.27. The summed E-state index contributed by atoms with van der Waals surface area (Å²) in [4.78, 5) is 24.1. The SMILES string of the molecule is CCc1cc(C(=O)OC)c(NC(=S)Nc2cccc(NC(C)=O)c2)s1.